The number of fused-ring (bicyclic) bond motifs is 2. The first kappa shape index (κ1) is 28.4. The van der Waals surface area contributed by atoms with E-state index in [4.69, 9.17) is 0 Å². The molecular weight excluding hydrogens is 563 g/mol. The van der Waals surface area contributed by atoms with Gasteiger partial charge in [-0.05, 0) is 0 Å². The molecule has 3 aromatic carbocycles. The van der Waals surface area contributed by atoms with Crippen molar-refractivity contribution in [2.24, 2.45) is 0 Å². The topological polar surface area (TPSA) is 0 Å². The molecule has 5 rings (SSSR count). The van der Waals surface area contributed by atoms with Crippen LogP contribution in [0, 0.1) is 27.7 Å². The van der Waals surface area contributed by atoms with E-state index in [2.05, 4.69) is 115 Å². The van der Waals surface area contributed by atoms with Gasteiger partial charge in [0.15, 0.2) is 0 Å². The van der Waals surface area contributed by atoms with Gasteiger partial charge in [-0.15, -0.1) is 0 Å². The molecule has 0 saturated carbocycles. The van der Waals surface area contributed by atoms with Gasteiger partial charge in [-0.3, -0.25) is 0 Å². The Kier molecular flexibility index (Phi) is 8.65. The quantitative estimate of drug-likeness (QED) is 0.400. The van der Waals surface area contributed by atoms with E-state index in [1.54, 1.807) is 22.3 Å². The molecular formula is C31H35Cl2SiZr. The molecule has 2 unspecified atom stereocenters. The van der Waals surface area contributed by atoms with Gasteiger partial charge in [0.2, 0.25) is 0 Å². The summed E-state index contributed by atoms with van der Waals surface area (Å²) in [4.78, 5) is 0. The Morgan fingerprint density at radius 3 is 1.49 bits per heavy atom. The van der Waals surface area contributed by atoms with Crippen LogP contribution < -0.4 is 24.8 Å². The zero-order chi connectivity index (χ0) is 23.5. The molecule has 0 aliphatic heterocycles. The molecule has 3 aromatic rings. The van der Waals surface area contributed by atoms with E-state index in [1.807, 2.05) is 0 Å². The van der Waals surface area contributed by atoms with Crippen LogP contribution in [0.4, 0.5) is 0 Å². The summed E-state index contributed by atoms with van der Waals surface area (Å²) in [7, 11) is 0. The molecule has 35 heavy (non-hydrogen) atoms. The molecule has 0 bridgehead atoms. The van der Waals surface area contributed by atoms with Crippen LogP contribution in [0.5, 0.6) is 0 Å². The maximum Gasteiger partial charge on any atom is -1.00 e. The average Bonchev–Trinajstić information content (AvgIpc) is 3.31. The number of hydrogen-bond acceptors (Lipinski definition) is 0. The van der Waals surface area contributed by atoms with Gasteiger partial charge in [-0.1, -0.05) is 0 Å². The normalized spacial score (nSPS) is 18.6. The largest absolute Gasteiger partial charge is 1.00 e. The summed E-state index contributed by atoms with van der Waals surface area (Å²) < 4.78 is 2.51. The second-order valence-corrected chi connectivity index (χ2v) is 28.1. The Morgan fingerprint density at radius 2 is 1.06 bits per heavy atom. The van der Waals surface area contributed by atoms with Gasteiger partial charge in [0.25, 0.3) is 0 Å². The Hall–Kier alpha value is -1.18. The van der Waals surface area contributed by atoms with Gasteiger partial charge in [0.05, 0.1) is 0 Å². The van der Waals surface area contributed by atoms with E-state index < -0.39 is 18.9 Å². The van der Waals surface area contributed by atoms with Crippen LogP contribution in [-0.4, -0.2) is 6.88 Å². The van der Waals surface area contributed by atoms with Crippen molar-refractivity contribution < 1.29 is 43.7 Å². The van der Waals surface area contributed by atoms with E-state index in [1.165, 1.54) is 43.1 Å². The molecule has 181 valence electrons. The van der Waals surface area contributed by atoms with Gasteiger partial charge < -0.3 is 24.8 Å². The zero-order valence-corrected chi connectivity index (χ0v) is 27.1. The van der Waals surface area contributed by atoms with Crippen LogP contribution in [0.15, 0.2) is 65.7 Å². The fourth-order valence-electron chi connectivity index (χ4n) is 6.59. The predicted molar refractivity (Wildman–Crippen MR) is 143 cm³/mol. The number of allylic oxidation sites excluding steroid dienone is 2. The van der Waals surface area contributed by atoms with E-state index in [0.717, 1.165) is 0 Å². The summed E-state index contributed by atoms with van der Waals surface area (Å²) in [5.74, 6) is 0. The third-order valence-electron chi connectivity index (χ3n) is 8.44. The second kappa shape index (κ2) is 10.7. The van der Waals surface area contributed by atoms with Crippen LogP contribution >= 0.6 is 0 Å². The summed E-state index contributed by atoms with van der Waals surface area (Å²) in [6.07, 6.45) is 5.06. The van der Waals surface area contributed by atoms with Crippen molar-refractivity contribution in [1.29, 1.82) is 0 Å². The third-order valence-corrected chi connectivity index (χ3v) is 26.8. The Labute approximate surface area is 229 Å². The van der Waals surface area contributed by atoms with Crippen LogP contribution in [0.3, 0.4) is 0 Å². The first-order valence-corrected chi connectivity index (χ1v) is 22.7. The van der Waals surface area contributed by atoms with Gasteiger partial charge >= 0.3 is 207 Å². The second-order valence-electron chi connectivity index (χ2n) is 10.6. The van der Waals surface area contributed by atoms with E-state index in [9.17, 15) is 0 Å². The van der Waals surface area contributed by atoms with Crippen LogP contribution in [0.1, 0.15) is 71.2 Å². The molecule has 0 amide bonds. The van der Waals surface area contributed by atoms with Crippen molar-refractivity contribution in [3.8, 4) is 0 Å². The molecule has 4 heteroatoms. The molecule has 0 aromatic heterocycles. The van der Waals surface area contributed by atoms with Gasteiger partial charge in [-0.2, -0.15) is 0 Å². The maximum absolute atomic E-state index is 2.97. The molecule has 0 N–H and O–H groups in total. The van der Waals surface area contributed by atoms with Crippen molar-refractivity contribution in [3.63, 3.8) is 0 Å². The molecule has 0 spiro atoms. The molecule has 0 saturated heterocycles. The fourth-order valence-corrected chi connectivity index (χ4v) is 28.1. The molecule has 0 fully saturated rings. The minimum Gasteiger partial charge on any atom is -1.00 e. The average molecular weight is 598 g/mol. The standard InChI is InChI=1S/2C12H13.C7H7.2ClH.H2Si.Zr/c2*1-8-6-11-5-4-9(2)10(3)12(11)7-8;1-7-5-3-2-4-6-7;;;;/h2*4-7H,1-3H3;2-6H,1H2;2*1H;1H2;/q;;;;;;+2/p-2. The number of rotatable bonds is 4. The number of aryl methyl sites for hydroxylation is 2. The summed E-state index contributed by atoms with van der Waals surface area (Å²) in [6, 6.07) is 21.0. The van der Waals surface area contributed by atoms with Crippen molar-refractivity contribution in [1.82, 2.24) is 0 Å². The van der Waals surface area contributed by atoms with Crippen molar-refractivity contribution in [3.05, 3.63) is 116 Å². The minimum absolute atomic E-state index is 0. The van der Waals surface area contributed by atoms with Crippen molar-refractivity contribution in [2.45, 2.75) is 52.9 Å². The molecule has 2 atom stereocenters. The maximum atomic E-state index is 2.53. The molecule has 0 heterocycles. The monoisotopic (exact) mass is 595 g/mol. The summed E-state index contributed by atoms with van der Waals surface area (Å²) in [6.45, 7) is 16.4. The molecule has 2 aliphatic carbocycles. The Balaban J connectivity index is 0.00000171. The summed E-state index contributed by atoms with van der Waals surface area (Å²) >= 11 is -2.97. The van der Waals surface area contributed by atoms with E-state index in [-0.39, 0.29) is 24.8 Å². The van der Waals surface area contributed by atoms with Gasteiger partial charge in [-0.25, -0.2) is 0 Å². The van der Waals surface area contributed by atoms with Crippen LogP contribution in [-0.2, 0) is 23.0 Å². The predicted octanol–water partition coefficient (Wildman–Crippen LogP) is 1.45. The molecule has 2 aliphatic rings. The Morgan fingerprint density at radius 1 is 0.629 bits per heavy atom. The van der Waals surface area contributed by atoms with Crippen molar-refractivity contribution >= 4 is 19.0 Å². The van der Waals surface area contributed by atoms with Crippen LogP contribution in [0.25, 0.3) is 12.2 Å². The fraction of sp³-hybridized carbons (Fsp3) is 0.290. The molecule has 0 radical (unpaired) electrons. The van der Waals surface area contributed by atoms with Gasteiger partial charge in [0, 0.05) is 0 Å². The smallest absolute Gasteiger partial charge is 1.00 e. The SMILES string of the molecule is CC1=Cc2c(ccc(C)c2C)[CH]1[Zr+2](=[SiH2])([CH2]c1ccccc1)[CH]1C(C)=Cc2c1ccc(C)c2C.[Cl-].[Cl-]. The number of benzene rings is 3. The number of halogens is 2. The first-order chi connectivity index (χ1) is 15.7. The minimum atomic E-state index is -2.97. The van der Waals surface area contributed by atoms with E-state index >= 15 is 0 Å². The summed E-state index contributed by atoms with van der Waals surface area (Å²) in [5.41, 5.74) is 16.7. The summed E-state index contributed by atoms with van der Waals surface area (Å²) in [5, 5.41) is 0. The van der Waals surface area contributed by atoms with Gasteiger partial charge in [0.1, 0.15) is 0 Å². The first-order valence-electron chi connectivity index (χ1n) is 12.2. The molecule has 0 nitrogen and oxygen atoms in total. The third kappa shape index (κ3) is 4.66. The van der Waals surface area contributed by atoms with E-state index in [0.29, 0.717) is 7.25 Å². The van der Waals surface area contributed by atoms with Crippen LogP contribution in [0.2, 0.25) is 0 Å². The van der Waals surface area contributed by atoms with Crippen molar-refractivity contribution in [2.75, 3.05) is 0 Å². The number of hydrogen-bond donors (Lipinski definition) is 0. The Bertz CT molecular complexity index is 1300. The zero-order valence-electron chi connectivity index (χ0n) is 21.7.